The molecule has 2 aliphatic carbocycles. The Labute approximate surface area is 219 Å². The number of allylic oxidation sites excluding steroid dienone is 6. The number of hydrogen-bond donors (Lipinski definition) is 0. The zero-order valence-corrected chi connectivity index (χ0v) is 21.8. The van der Waals surface area contributed by atoms with Crippen LogP contribution < -0.4 is 0 Å². The summed E-state index contributed by atoms with van der Waals surface area (Å²) in [5.74, 6) is -1.33. The Balaban J connectivity index is 1.24. The molecule has 2 saturated heterocycles. The second kappa shape index (κ2) is 10.6. The topological polar surface area (TPSA) is 74.8 Å². The smallest absolute Gasteiger partial charge is 0.233 e. The van der Waals surface area contributed by atoms with Crippen LogP contribution in [0.25, 0.3) is 0 Å². The van der Waals surface area contributed by atoms with Gasteiger partial charge in [-0.3, -0.25) is 29.0 Å². The minimum absolute atomic E-state index is 0.0776. The maximum Gasteiger partial charge on any atom is 0.233 e. The molecule has 0 saturated carbocycles. The van der Waals surface area contributed by atoms with Gasteiger partial charge in [-0.2, -0.15) is 0 Å². The summed E-state index contributed by atoms with van der Waals surface area (Å²) in [6, 6.07) is 7.59. The van der Waals surface area contributed by atoms with E-state index in [-0.39, 0.29) is 60.4 Å². The van der Waals surface area contributed by atoms with Crippen molar-refractivity contribution in [2.45, 2.75) is 71.9 Å². The van der Waals surface area contributed by atoms with E-state index >= 15 is 0 Å². The predicted molar refractivity (Wildman–Crippen MR) is 140 cm³/mol. The minimum atomic E-state index is -0.258. The number of carbonyl (C=O) groups excluding carboxylic acids is 4. The highest BCUT2D eigenvalue weighted by Gasteiger charge is 2.49. The quantitative estimate of drug-likeness (QED) is 0.368. The zero-order valence-electron chi connectivity index (χ0n) is 21.8. The SMILES string of the molecule is C/C=C\CCC1=CCC2C(=O)N(Cc3cccc(CN4C(=O)C5CC=C(CC)CC5C4=O)c3)C(=O)C2C1. The van der Waals surface area contributed by atoms with Gasteiger partial charge < -0.3 is 0 Å². The van der Waals surface area contributed by atoms with Crippen LogP contribution in [-0.4, -0.2) is 33.4 Å². The molecule has 0 N–H and O–H groups in total. The van der Waals surface area contributed by atoms with Crippen molar-refractivity contribution in [2.75, 3.05) is 0 Å². The highest BCUT2D eigenvalue weighted by Crippen LogP contribution is 2.41. The van der Waals surface area contributed by atoms with Crippen molar-refractivity contribution in [3.05, 3.63) is 70.8 Å². The van der Waals surface area contributed by atoms with Crippen molar-refractivity contribution in [1.82, 2.24) is 9.80 Å². The molecule has 6 heteroatoms. The second-order valence-corrected chi connectivity index (χ2v) is 10.8. The standard InChI is InChI=1S/C31H36N2O4/c1-3-5-6-8-21-12-14-25-27(17-21)31(37)33(29(25)35)19-23-10-7-9-22(15-23)18-32-28(34)24-13-11-20(4-2)16-26(24)30(32)36/h3,5,7,9-12,15,24-27H,4,6,8,13-14,16-19H2,1-2H3/b5-3-. The van der Waals surface area contributed by atoms with Crippen LogP contribution in [0.4, 0.5) is 0 Å². The summed E-state index contributed by atoms with van der Waals surface area (Å²) in [6.45, 7) is 4.54. The zero-order chi connectivity index (χ0) is 26.1. The first-order valence-corrected chi connectivity index (χ1v) is 13.7. The molecule has 0 bridgehead atoms. The molecule has 0 radical (unpaired) electrons. The maximum atomic E-state index is 13.2. The number of rotatable bonds is 8. The van der Waals surface area contributed by atoms with E-state index in [0.29, 0.717) is 25.7 Å². The Bertz CT molecular complexity index is 1210. The molecule has 37 heavy (non-hydrogen) atoms. The van der Waals surface area contributed by atoms with Gasteiger partial charge in [0.25, 0.3) is 0 Å². The van der Waals surface area contributed by atoms with E-state index in [0.717, 1.165) is 30.4 Å². The molecule has 4 atom stereocenters. The average molecular weight is 501 g/mol. The van der Waals surface area contributed by atoms with Crippen molar-refractivity contribution in [2.24, 2.45) is 23.7 Å². The number of carbonyl (C=O) groups is 4. The van der Waals surface area contributed by atoms with E-state index in [1.165, 1.54) is 20.9 Å². The van der Waals surface area contributed by atoms with Crippen molar-refractivity contribution in [1.29, 1.82) is 0 Å². The molecule has 0 aromatic heterocycles. The molecule has 1 aromatic carbocycles. The van der Waals surface area contributed by atoms with Gasteiger partial charge in [0.15, 0.2) is 0 Å². The third-order valence-corrected chi connectivity index (χ3v) is 8.58. The first-order valence-electron chi connectivity index (χ1n) is 13.7. The van der Waals surface area contributed by atoms with Crippen LogP contribution in [-0.2, 0) is 32.3 Å². The Morgan fingerprint density at radius 3 is 1.84 bits per heavy atom. The van der Waals surface area contributed by atoms with Crippen LogP contribution in [0.5, 0.6) is 0 Å². The number of amides is 4. The Morgan fingerprint density at radius 2 is 1.30 bits per heavy atom. The minimum Gasteiger partial charge on any atom is -0.278 e. The van der Waals surface area contributed by atoms with Gasteiger partial charge in [0.1, 0.15) is 0 Å². The van der Waals surface area contributed by atoms with Crippen LogP contribution in [0.1, 0.15) is 69.9 Å². The monoisotopic (exact) mass is 500 g/mol. The van der Waals surface area contributed by atoms with Crippen molar-refractivity contribution >= 4 is 23.6 Å². The molecule has 1 aromatic rings. The summed E-state index contributed by atoms with van der Waals surface area (Å²) in [4.78, 5) is 55.3. The van der Waals surface area contributed by atoms with E-state index in [4.69, 9.17) is 0 Å². The fraction of sp³-hybridized carbons (Fsp3) is 0.484. The van der Waals surface area contributed by atoms with Crippen LogP contribution in [0.3, 0.4) is 0 Å². The summed E-state index contributed by atoms with van der Waals surface area (Å²) < 4.78 is 0. The van der Waals surface area contributed by atoms with Crippen molar-refractivity contribution in [3.63, 3.8) is 0 Å². The van der Waals surface area contributed by atoms with E-state index in [1.807, 2.05) is 37.3 Å². The fourth-order valence-corrected chi connectivity index (χ4v) is 6.45. The van der Waals surface area contributed by atoms with E-state index in [2.05, 4.69) is 25.2 Å². The highest BCUT2D eigenvalue weighted by atomic mass is 16.2. The lowest BCUT2D eigenvalue weighted by molar-refractivity contribution is -0.142. The Morgan fingerprint density at radius 1 is 0.784 bits per heavy atom. The number of benzene rings is 1. The summed E-state index contributed by atoms with van der Waals surface area (Å²) >= 11 is 0. The summed E-state index contributed by atoms with van der Waals surface area (Å²) in [6.07, 6.45) is 13.9. The number of nitrogens with zero attached hydrogens (tertiary/aromatic N) is 2. The second-order valence-electron chi connectivity index (χ2n) is 10.8. The molecular weight excluding hydrogens is 464 g/mol. The van der Waals surface area contributed by atoms with Crippen LogP contribution >= 0.6 is 0 Å². The Kier molecular flexibility index (Phi) is 7.27. The van der Waals surface area contributed by atoms with E-state index in [1.54, 1.807) is 0 Å². The summed E-state index contributed by atoms with van der Waals surface area (Å²) in [5.41, 5.74) is 4.20. The average Bonchev–Trinajstić information content (AvgIpc) is 3.29. The lowest BCUT2D eigenvalue weighted by atomic mass is 9.80. The van der Waals surface area contributed by atoms with Gasteiger partial charge in [0, 0.05) is 0 Å². The van der Waals surface area contributed by atoms with Crippen molar-refractivity contribution in [3.8, 4) is 0 Å². The first-order chi connectivity index (χ1) is 17.9. The summed E-state index contributed by atoms with van der Waals surface area (Å²) in [5, 5.41) is 0. The third kappa shape index (κ3) is 4.86. The van der Waals surface area contributed by atoms with Gasteiger partial charge in [0.05, 0.1) is 36.8 Å². The van der Waals surface area contributed by atoms with Gasteiger partial charge in [-0.05, 0) is 63.0 Å². The van der Waals surface area contributed by atoms with Crippen LogP contribution in [0, 0.1) is 23.7 Å². The largest absolute Gasteiger partial charge is 0.278 e. The number of imide groups is 2. The molecule has 4 amide bonds. The summed E-state index contributed by atoms with van der Waals surface area (Å²) in [7, 11) is 0. The molecule has 5 rings (SSSR count). The molecular formula is C31H36N2O4. The molecule has 194 valence electrons. The molecule has 2 fully saturated rings. The number of hydrogen-bond acceptors (Lipinski definition) is 4. The Hall–Kier alpha value is -3.28. The molecule has 0 spiro atoms. The lowest BCUT2D eigenvalue weighted by Crippen LogP contribution is -2.31. The normalized spacial score (nSPS) is 27.6. The molecule has 6 nitrogen and oxygen atoms in total. The fourth-order valence-electron chi connectivity index (χ4n) is 6.45. The number of fused-ring (bicyclic) bond motifs is 2. The third-order valence-electron chi connectivity index (χ3n) is 8.58. The van der Waals surface area contributed by atoms with Gasteiger partial charge >= 0.3 is 0 Å². The van der Waals surface area contributed by atoms with Gasteiger partial charge in [0.2, 0.25) is 23.6 Å². The lowest BCUT2D eigenvalue weighted by Gasteiger charge is -2.21. The highest BCUT2D eigenvalue weighted by molar-refractivity contribution is 6.06. The number of likely N-dealkylation sites (tertiary alicyclic amines) is 2. The van der Waals surface area contributed by atoms with Gasteiger partial charge in [-0.1, -0.05) is 66.6 Å². The molecule has 2 heterocycles. The molecule has 2 aliphatic heterocycles. The maximum absolute atomic E-state index is 13.2. The molecule has 4 unspecified atom stereocenters. The van der Waals surface area contributed by atoms with Gasteiger partial charge in [-0.25, -0.2) is 0 Å². The van der Waals surface area contributed by atoms with Crippen LogP contribution in [0.15, 0.2) is 59.7 Å². The predicted octanol–water partition coefficient (Wildman–Crippen LogP) is 5.10. The van der Waals surface area contributed by atoms with Crippen LogP contribution in [0.2, 0.25) is 0 Å². The first kappa shape index (κ1) is 25.4. The van der Waals surface area contributed by atoms with E-state index in [9.17, 15) is 19.2 Å². The van der Waals surface area contributed by atoms with Gasteiger partial charge in [-0.15, -0.1) is 0 Å². The van der Waals surface area contributed by atoms with E-state index < -0.39 is 0 Å². The molecule has 4 aliphatic rings. The van der Waals surface area contributed by atoms with Crippen molar-refractivity contribution < 1.29 is 19.2 Å².